The van der Waals surface area contributed by atoms with Crippen LogP contribution in [0.2, 0.25) is 0 Å². The van der Waals surface area contributed by atoms with Crippen LogP contribution in [0.1, 0.15) is 13.9 Å². The summed E-state index contributed by atoms with van der Waals surface area (Å²) in [5.41, 5.74) is 1.41. The van der Waals surface area contributed by atoms with E-state index >= 15 is 0 Å². The second-order valence-electron chi connectivity index (χ2n) is 1.84. The molecule has 0 saturated carbocycles. The summed E-state index contributed by atoms with van der Waals surface area (Å²) in [5, 5.41) is 0. The van der Waals surface area contributed by atoms with Crippen LogP contribution in [0.3, 0.4) is 0 Å². The molecule has 1 rings (SSSR count). The van der Waals surface area contributed by atoms with Gasteiger partial charge in [0.1, 0.15) is 0 Å². The first-order valence-electron chi connectivity index (χ1n) is 2.97. The quantitative estimate of drug-likeness (QED) is 0.426. The van der Waals surface area contributed by atoms with E-state index in [1.807, 2.05) is 6.07 Å². The molecular weight excluding hydrogens is 103 g/mol. The average Bonchev–Trinajstić information content (AvgIpc) is 1.90. The number of rotatable bonds is 1. The Labute approximate surface area is 69.9 Å². The van der Waals surface area contributed by atoms with Gasteiger partial charge in [-0.05, 0) is 12.0 Å². The summed E-state index contributed by atoms with van der Waals surface area (Å²) in [4.78, 5) is 0. The Balaban J connectivity index is 0. The average molecular weight is 114 g/mol. The largest absolute Gasteiger partial charge is 1.00 e. The van der Waals surface area contributed by atoms with Crippen molar-refractivity contribution in [1.29, 1.82) is 0 Å². The molecule has 0 unspecified atom stereocenters. The monoisotopic (exact) mass is 114 g/mol. The molecule has 0 spiro atoms. The maximum Gasteiger partial charge on any atom is 1.00 e. The first-order chi connectivity index (χ1) is 3.93. The van der Waals surface area contributed by atoms with Crippen LogP contribution in [-0.2, 0) is 6.42 Å². The van der Waals surface area contributed by atoms with Crippen LogP contribution in [-0.4, -0.2) is 0 Å². The Bertz CT molecular complexity index is 151. The molecule has 0 aliphatic carbocycles. The number of hydrogen-bond acceptors (Lipinski definition) is 0. The van der Waals surface area contributed by atoms with Gasteiger partial charge in [0, 0.05) is 0 Å². The van der Waals surface area contributed by atoms with Gasteiger partial charge in [-0.1, -0.05) is 37.3 Å². The van der Waals surface area contributed by atoms with Gasteiger partial charge in [0.2, 0.25) is 0 Å². The zero-order valence-corrected chi connectivity index (χ0v) is 6.09. The SMILES string of the molecule is CCc1ccccc1.[H-].[Li+]. The van der Waals surface area contributed by atoms with E-state index in [4.69, 9.17) is 0 Å². The second-order valence-corrected chi connectivity index (χ2v) is 1.84. The third-order valence-electron chi connectivity index (χ3n) is 1.25. The van der Waals surface area contributed by atoms with Gasteiger partial charge < -0.3 is 1.43 Å². The number of benzene rings is 1. The van der Waals surface area contributed by atoms with E-state index in [0.717, 1.165) is 6.42 Å². The molecule has 1 aromatic rings. The molecule has 0 bridgehead atoms. The third-order valence-corrected chi connectivity index (χ3v) is 1.25. The predicted octanol–water partition coefficient (Wildman–Crippen LogP) is -0.635. The van der Waals surface area contributed by atoms with Crippen LogP contribution in [0.15, 0.2) is 30.3 Å². The number of hydrogen-bond donors (Lipinski definition) is 0. The van der Waals surface area contributed by atoms with Crippen LogP contribution in [0.5, 0.6) is 0 Å². The molecule has 1 heteroatoms. The first-order valence-corrected chi connectivity index (χ1v) is 2.97. The van der Waals surface area contributed by atoms with Crippen LogP contribution >= 0.6 is 0 Å². The van der Waals surface area contributed by atoms with Crippen molar-refractivity contribution in [3.63, 3.8) is 0 Å². The van der Waals surface area contributed by atoms with Crippen molar-refractivity contribution in [3.8, 4) is 0 Å². The normalized spacial score (nSPS) is 8.11. The number of aryl methyl sites for hydroxylation is 1. The van der Waals surface area contributed by atoms with Gasteiger partial charge in [-0.15, -0.1) is 0 Å². The Morgan fingerprint density at radius 2 is 1.78 bits per heavy atom. The van der Waals surface area contributed by atoms with E-state index in [1.54, 1.807) is 0 Å². The molecule has 0 amide bonds. The Kier molecular flexibility index (Phi) is 4.58. The van der Waals surface area contributed by atoms with Crippen molar-refractivity contribution in [2.75, 3.05) is 0 Å². The summed E-state index contributed by atoms with van der Waals surface area (Å²) in [6.45, 7) is 2.16. The minimum atomic E-state index is 0. The van der Waals surface area contributed by atoms with Crippen molar-refractivity contribution in [2.24, 2.45) is 0 Å². The van der Waals surface area contributed by atoms with Crippen LogP contribution in [0.25, 0.3) is 0 Å². The minimum absolute atomic E-state index is 0. The van der Waals surface area contributed by atoms with Crippen molar-refractivity contribution in [1.82, 2.24) is 0 Å². The summed E-state index contributed by atoms with van der Waals surface area (Å²) < 4.78 is 0. The second kappa shape index (κ2) is 4.67. The molecule has 0 atom stereocenters. The maximum absolute atomic E-state index is 2.16. The van der Waals surface area contributed by atoms with E-state index in [1.165, 1.54) is 5.56 Å². The molecule has 0 nitrogen and oxygen atoms in total. The summed E-state index contributed by atoms with van der Waals surface area (Å²) in [6.07, 6.45) is 1.14. The zero-order valence-electron chi connectivity index (χ0n) is 7.09. The smallest absolute Gasteiger partial charge is 1.00 e. The molecule has 1 aromatic carbocycles. The molecule has 44 valence electrons. The first kappa shape index (κ1) is 8.82. The van der Waals surface area contributed by atoms with Crippen LogP contribution in [0.4, 0.5) is 0 Å². The predicted molar refractivity (Wildman–Crippen MR) is 36.9 cm³/mol. The topological polar surface area (TPSA) is 0 Å². The van der Waals surface area contributed by atoms with E-state index in [9.17, 15) is 0 Å². The van der Waals surface area contributed by atoms with Gasteiger partial charge in [-0.2, -0.15) is 0 Å². The fourth-order valence-electron chi connectivity index (χ4n) is 0.714. The molecule has 0 fully saturated rings. The molecule has 0 radical (unpaired) electrons. The summed E-state index contributed by atoms with van der Waals surface area (Å²) in [7, 11) is 0. The van der Waals surface area contributed by atoms with Crippen molar-refractivity contribution in [2.45, 2.75) is 13.3 Å². The summed E-state index contributed by atoms with van der Waals surface area (Å²) >= 11 is 0. The molecule has 0 aliphatic rings. The van der Waals surface area contributed by atoms with Crippen molar-refractivity contribution >= 4 is 0 Å². The standard InChI is InChI=1S/C8H10.Li.H/c1-2-8-6-4-3-5-7-8;;/h3-7H,2H2,1H3;;/q;+1;-1. The van der Waals surface area contributed by atoms with Crippen LogP contribution < -0.4 is 18.9 Å². The molecule has 0 aromatic heterocycles. The van der Waals surface area contributed by atoms with Crippen molar-refractivity contribution < 1.29 is 20.3 Å². The van der Waals surface area contributed by atoms with E-state index < -0.39 is 0 Å². The van der Waals surface area contributed by atoms with E-state index in [0.29, 0.717) is 0 Å². The fourth-order valence-corrected chi connectivity index (χ4v) is 0.714. The van der Waals surface area contributed by atoms with E-state index in [2.05, 4.69) is 31.2 Å². The van der Waals surface area contributed by atoms with Gasteiger partial charge in [-0.25, -0.2) is 0 Å². The summed E-state index contributed by atoms with van der Waals surface area (Å²) in [6, 6.07) is 10.5. The Morgan fingerprint density at radius 3 is 2.11 bits per heavy atom. The summed E-state index contributed by atoms with van der Waals surface area (Å²) in [5.74, 6) is 0. The molecule has 0 N–H and O–H groups in total. The molecular formula is C8H11Li. The Hall–Kier alpha value is -0.183. The Morgan fingerprint density at radius 1 is 1.22 bits per heavy atom. The van der Waals surface area contributed by atoms with Gasteiger partial charge in [0.05, 0.1) is 0 Å². The maximum atomic E-state index is 2.16. The molecule has 0 saturated heterocycles. The molecule has 0 aliphatic heterocycles. The van der Waals surface area contributed by atoms with Crippen molar-refractivity contribution in [3.05, 3.63) is 35.9 Å². The van der Waals surface area contributed by atoms with Gasteiger partial charge in [-0.3, -0.25) is 0 Å². The molecule has 9 heavy (non-hydrogen) atoms. The van der Waals surface area contributed by atoms with E-state index in [-0.39, 0.29) is 20.3 Å². The minimum Gasteiger partial charge on any atom is -1.00 e. The van der Waals surface area contributed by atoms with Gasteiger partial charge >= 0.3 is 18.9 Å². The van der Waals surface area contributed by atoms with Gasteiger partial charge in [0.15, 0.2) is 0 Å². The zero-order chi connectivity index (χ0) is 5.82. The fraction of sp³-hybridized carbons (Fsp3) is 0.250. The molecule has 0 heterocycles. The van der Waals surface area contributed by atoms with Crippen LogP contribution in [0, 0.1) is 0 Å². The van der Waals surface area contributed by atoms with Gasteiger partial charge in [0.25, 0.3) is 0 Å². The third kappa shape index (κ3) is 2.74.